The Morgan fingerprint density at radius 2 is 2.09 bits per heavy atom. The number of methoxy groups -OCH3 is 1. The summed E-state index contributed by atoms with van der Waals surface area (Å²) in [7, 11) is 0.194. The van der Waals surface area contributed by atoms with Crippen LogP contribution < -0.4 is 0 Å². The molecule has 0 spiro atoms. The molecule has 0 unspecified atom stereocenters. The van der Waals surface area contributed by atoms with Crippen molar-refractivity contribution in [3.8, 4) is 11.3 Å². The quantitative estimate of drug-likeness (QED) is 0.439. The number of hydrogen-bond acceptors (Lipinski definition) is 6. The normalized spacial score (nSPS) is 11.5. The molecule has 0 saturated carbocycles. The Bertz CT molecular complexity index is 652. The van der Waals surface area contributed by atoms with E-state index in [1.165, 1.54) is 7.11 Å². The van der Waals surface area contributed by atoms with Crippen molar-refractivity contribution in [2.24, 2.45) is 0 Å². The van der Waals surface area contributed by atoms with E-state index in [4.69, 9.17) is 9.47 Å². The summed E-state index contributed by atoms with van der Waals surface area (Å²) in [6.07, 6.45) is 3.22. The molecule has 23 heavy (non-hydrogen) atoms. The Morgan fingerprint density at radius 1 is 1.30 bits per heavy atom. The average Bonchev–Trinajstić information content (AvgIpc) is 2.95. The van der Waals surface area contributed by atoms with Crippen LogP contribution in [0.15, 0.2) is 24.5 Å². The highest BCUT2D eigenvalue weighted by Gasteiger charge is 2.17. The van der Waals surface area contributed by atoms with Crippen molar-refractivity contribution in [3.05, 3.63) is 30.2 Å². The van der Waals surface area contributed by atoms with Gasteiger partial charge in [0.2, 0.25) is 0 Å². The molecule has 0 fully saturated rings. The van der Waals surface area contributed by atoms with Crippen molar-refractivity contribution in [3.63, 3.8) is 0 Å². The summed E-state index contributed by atoms with van der Waals surface area (Å²) in [5.74, 6) is -0.478. The van der Waals surface area contributed by atoms with Crippen LogP contribution in [0.25, 0.3) is 11.3 Å². The third-order valence-corrected chi connectivity index (χ3v) is 4.97. The first-order chi connectivity index (χ1) is 10.9. The second kappa shape index (κ2) is 7.47. The Morgan fingerprint density at radius 3 is 2.70 bits per heavy atom. The van der Waals surface area contributed by atoms with Crippen LogP contribution in [0.1, 0.15) is 10.5 Å². The zero-order valence-electron chi connectivity index (χ0n) is 13.9. The summed E-state index contributed by atoms with van der Waals surface area (Å²) in [5, 5.41) is 11.9. The van der Waals surface area contributed by atoms with E-state index in [1.54, 1.807) is 23.1 Å². The maximum Gasteiger partial charge on any atom is 0.358 e. The maximum absolute atomic E-state index is 11.7. The molecule has 0 aliphatic rings. The molecular weight excluding hydrogens is 312 g/mol. The number of aromatic nitrogens is 4. The summed E-state index contributed by atoms with van der Waals surface area (Å²) >= 11 is 0. The van der Waals surface area contributed by atoms with Crippen LogP contribution in [-0.2, 0) is 16.2 Å². The van der Waals surface area contributed by atoms with Crippen LogP contribution >= 0.6 is 0 Å². The maximum atomic E-state index is 11.7. The molecule has 0 N–H and O–H groups in total. The van der Waals surface area contributed by atoms with E-state index in [0.29, 0.717) is 6.61 Å². The van der Waals surface area contributed by atoms with Gasteiger partial charge in [-0.1, -0.05) is 19.6 Å². The predicted octanol–water partition coefficient (Wildman–Crippen LogP) is 2.44. The van der Waals surface area contributed by atoms with E-state index in [9.17, 15) is 4.79 Å². The lowest BCUT2D eigenvalue weighted by Crippen LogP contribution is -2.22. The van der Waals surface area contributed by atoms with Gasteiger partial charge in [-0.2, -0.15) is 15.3 Å². The number of hydrogen-bond donors (Lipinski definition) is 0. The lowest BCUT2D eigenvalue weighted by Gasteiger charge is -2.15. The molecule has 0 amide bonds. The zero-order valence-corrected chi connectivity index (χ0v) is 14.9. The first-order valence-electron chi connectivity index (χ1n) is 7.42. The number of esters is 1. The molecule has 2 rings (SSSR count). The first-order valence-corrected chi connectivity index (χ1v) is 11.1. The zero-order chi connectivity index (χ0) is 16.9. The van der Waals surface area contributed by atoms with Gasteiger partial charge in [-0.25, -0.2) is 9.48 Å². The van der Waals surface area contributed by atoms with Gasteiger partial charge in [-0.05, 0) is 18.2 Å². The van der Waals surface area contributed by atoms with E-state index in [2.05, 4.69) is 34.9 Å². The molecule has 124 valence electrons. The minimum absolute atomic E-state index is 0.244. The van der Waals surface area contributed by atoms with Gasteiger partial charge < -0.3 is 9.47 Å². The minimum Gasteiger partial charge on any atom is -0.464 e. The lowest BCUT2D eigenvalue weighted by atomic mass is 10.2. The number of nitrogens with zero attached hydrogens (tertiary/aromatic N) is 4. The molecule has 8 heteroatoms. The van der Waals surface area contributed by atoms with Crippen LogP contribution in [0.4, 0.5) is 0 Å². The van der Waals surface area contributed by atoms with Gasteiger partial charge in [-0.15, -0.1) is 0 Å². The summed E-state index contributed by atoms with van der Waals surface area (Å²) in [5.41, 5.74) is 1.80. The van der Waals surface area contributed by atoms with Crippen molar-refractivity contribution in [1.29, 1.82) is 0 Å². The summed E-state index contributed by atoms with van der Waals surface area (Å²) in [6.45, 7) is 7.85. The van der Waals surface area contributed by atoms with Gasteiger partial charge in [0.25, 0.3) is 0 Å². The molecule has 7 nitrogen and oxygen atoms in total. The number of rotatable bonds is 7. The van der Waals surface area contributed by atoms with E-state index in [1.807, 2.05) is 6.07 Å². The molecule has 0 aliphatic carbocycles. The third-order valence-electron chi connectivity index (χ3n) is 3.26. The Kier molecular flexibility index (Phi) is 5.62. The number of ether oxygens (including phenoxy) is 2. The smallest absolute Gasteiger partial charge is 0.358 e. The molecule has 0 atom stereocenters. The molecule has 2 heterocycles. The Balaban J connectivity index is 2.16. The van der Waals surface area contributed by atoms with Crippen molar-refractivity contribution in [1.82, 2.24) is 20.0 Å². The summed E-state index contributed by atoms with van der Waals surface area (Å²) in [4.78, 5) is 11.7. The monoisotopic (exact) mass is 334 g/mol. The minimum atomic E-state index is -1.14. The van der Waals surface area contributed by atoms with E-state index >= 15 is 0 Å². The fourth-order valence-corrected chi connectivity index (χ4v) is 2.68. The highest BCUT2D eigenvalue weighted by molar-refractivity contribution is 6.76. The fourth-order valence-electron chi connectivity index (χ4n) is 1.92. The van der Waals surface area contributed by atoms with Gasteiger partial charge in [0.1, 0.15) is 6.73 Å². The fraction of sp³-hybridized carbons (Fsp3) is 0.467. The predicted molar refractivity (Wildman–Crippen MR) is 88.7 cm³/mol. The van der Waals surface area contributed by atoms with E-state index in [0.717, 1.165) is 17.3 Å². The van der Waals surface area contributed by atoms with Gasteiger partial charge in [0.05, 0.1) is 25.2 Å². The van der Waals surface area contributed by atoms with Crippen LogP contribution in [-0.4, -0.2) is 47.7 Å². The number of carbonyl (C=O) groups excluding carboxylic acids is 1. The SMILES string of the molecule is COC(=O)c1cc(-c2ccnnc2)n(COCC[Si](C)(C)C)n1. The summed E-state index contributed by atoms with van der Waals surface area (Å²) in [6, 6.07) is 4.55. The van der Waals surface area contributed by atoms with Gasteiger partial charge in [0, 0.05) is 20.2 Å². The highest BCUT2D eigenvalue weighted by Crippen LogP contribution is 2.20. The third kappa shape index (κ3) is 4.97. The Hall–Kier alpha value is -2.06. The molecule has 0 saturated heterocycles. The van der Waals surface area contributed by atoms with Crippen molar-refractivity contribution in [2.45, 2.75) is 32.4 Å². The molecule has 2 aromatic heterocycles. The van der Waals surface area contributed by atoms with Crippen molar-refractivity contribution < 1.29 is 14.3 Å². The molecule has 0 radical (unpaired) electrons. The molecule has 0 aliphatic heterocycles. The lowest BCUT2D eigenvalue weighted by molar-refractivity contribution is 0.0583. The van der Waals surface area contributed by atoms with Gasteiger partial charge in [0.15, 0.2) is 5.69 Å². The standard InChI is InChI=1S/C15H22N4O3Si/c1-21-15(20)13-9-14(12-5-6-16-17-10-12)19(18-13)11-22-7-8-23(2,3)4/h5-6,9-10H,7-8,11H2,1-4H3. The molecular formula is C15H22N4O3Si. The van der Waals surface area contributed by atoms with Crippen LogP contribution in [0, 0.1) is 0 Å². The van der Waals surface area contributed by atoms with Crippen LogP contribution in [0.3, 0.4) is 0 Å². The van der Waals surface area contributed by atoms with Crippen molar-refractivity contribution in [2.75, 3.05) is 13.7 Å². The van der Waals surface area contributed by atoms with Crippen LogP contribution in [0.5, 0.6) is 0 Å². The topological polar surface area (TPSA) is 79.1 Å². The largest absolute Gasteiger partial charge is 0.464 e. The average molecular weight is 334 g/mol. The van der Waals surface area contributed by atoms with E-state index in [-0.39, 0.29) is 12.4 Å². The second-order valence-corrected chi connectivity index (χ2v) is 12.0. The van der Waals surface area contributed by atoms with E-state index < -0.39 is 14.0 Å². The number of carbonyl (C=O) groups is 1. The molecule has 0 aromatic carbocycles. The summed E-state index contributed by atoms with van der Waals surface area (Å²) < 4.78 is 12.1. The van der Waals surface area contributed by atoms with Crippen LogP contribution in [0.2, 0.25) is 25.7 Å². The second-order valence-electron chi connectivity index (χ2n) is 6.39. The van der Waals surface area contributed by atoms with Crippen molar-refractivity contribution >= 4 is 14.0 Å². The first kappa shape index (κ1) is 17.3. The van der Waals surface area contributed by atoms with Gasteiger partial charge >= 0.3 is 5.97 Å². The van der Waals surface area contributed by atoms with Gasteiger partial charge in [-0.3, -0.25) is 0 Å². The molecule has 2 aromatic rings. The Labute approximate surface area is 136 Å². The highest BCUT2D eigenvalue weighted by atomic mass is 28.3. The molecule has 0 bridgehead atoms.